The number of rotatable bonds is 1. The Balaban J connectivity index is 1.93. The van der Waals surface area contributed by atoms with Crippen LogP contribution in [0.25, 0.3) is 22.4 Å². The van der Waals surface area contributed by atoms with Crippen molar-refractivity contribution < 1.29 is 4.57 Å². The van der Waals surface area contributed by atoms with E-state index in [9.17, 15) is 0 Å². The minimum atomic E-state index is 0.982. The van der Waals surface area contributed by atoms with Crippen LogP contribution in [0.3, 0.4) is 0 Å². The lowest BCUT2D eigenvalue weighted by Gasteiger charge is -2.10. The Morgan fingerprint density at radius 3 is 2.61 bits per heavy atom. The first kappa shape index (κ1) is 14.1. The lowest BCUT2D eigenvalue weighted by molar-refractivity contribution is -0.659. The van der Waals surface area contributed by atoms with Gasteiger partial charge in [0.1, 0.15) is 7.05 Å². The van der Waals surface area contributed by atoms with Crippen LogP contribution in [0.5, 0.6) is 0 Å². The highest BCUT2D eigenvalue weighted by Crippen LogP contribution is 2.37. The quantitative estimate of drug-likeness (QED) is 0.484. The minimum absolute atomic E-state index is 0.982. The van der Waals surface area contributed by atoms with Crippen LogP contribution >= 0.6 is 0 Å². The fraction of sp³-hybridized carbons (Fsp3) is 0.238. The molecule has 0 radical (unpaired) electrons. The highest BCUT2D eigenvalue weighted by molar-refractivity contribution is 5.77. The van der Waals surface area contributed by atoms with Crippen LogP contribution in [-0.2, 0) is 13.5 Å². The van der Waals surface area contributed by atoms with Gasteiger partial charge >= 0.3 is 0 Å². The van der Waals surface area contributed by atoms with Gasteiger partial charge in [-0.05, 0) is 60.7 Å². The maximum atomic E-state index is 4.27. The fourth-order valence-electron chi connectivity index (χ4n) is 3.69. The Bertz CT molecular complexity index is 939. The molecule has 0 atom stereocenters. The molecule has 2 aromatic heterocycles. The molecule has 0 amide bonds. The van der Waals surface area contributed by atoms with Gasteiger partial charge in [0, 0.05) is 36.0 Å². The van der Waals surface area contributed by atoms with Gasteiger partial charge in [0.15, 0.2) is 6.20 Å². The summed E-state index contributed by atoms with van der Waals surface area (Å²) in [5.74, 6) is 0. The molecule has 0 saturated heterocycles. The van der Waals surface area contributed by atoms with Crippen molar-refractivity contribution in [1.29, 1.82) is 0 Å². The molecular weight excluding hydrogens is 280 g/mol. The van der Waals surface area contributed by atoms with Crippen LogP contribution in [-0.4, -0.2) is 4.98 Å². The predicted octanol–water partition coefficient (Wildman–Crippen LogP) is 4.07. The first-order chi connectivity index (χ1) is 11.0. The molecule has 1 aliphatic rings. The third-order valence-electron chi connectivity index (χ3n) is 5.02. The Labute approximate surface area is 137 Å². The predicted molar refractivity (Wildman–Crippen MR) is 93.3 cm³/mol. The molecule has 1 aromatic carbocycles. The zero-order chi connectivity index (χ0) is 16.1. The largest absolute Gasteiger partial charge is 0.264 e. The van der Waals surface area contributed by atoms with Gasteiger partial charge in [-0.15, -0.1) is 0 Å². The lowest BCUT2D eigenvalue weighted by Crippen LogP contribution is -2.31. The average Bonchev–Trinajstić information content (AvgIpc) is 2.88. The van der Waals surface area contributed by atoms with Gasteiger partial charge in [-0.25, -0.2) is 4.57 Å². The molecule has 0 N–H and O–H groups in total. The van der Waals surface area contributed by atoms with Gasteiger partial charge in [-0.1, -0.05) is 11.6 Å². The van der Waals surface area contributed by atoms with Gasteiger partial charge in [0.25, 0.3) is 0 Å². The number of hydrogen-bond donors (Lipinski definition) is 0. The summed E-state index contributed by atoms with van der Waals surface area (Å²) in [7, 11) is 2.14. The van der Waals surface area contributed by atoms with E-state index in [2.05, 4.69) is 67.8 Å². The molecule has 23 heavy (non-hydrogen) atoms. The van der Waals surface area contributed by atoms with E-state index < -0.39 is 0 Å². The van der Waals surface area contributed by atoms with Crippen molar-refractivity contribution in [2.24, 2.45) is 7.05 Å². The third kappa shape index (κ3) is 2.17. The Morgan fingerprint density at radius 1 is 0.957 bits per heavy atom. The van der Waals surface area contributed by atoms with Gasteiger partial charge in [-0.3, -0.25) is 4.98 Å². The monoisotopic (exact) mass is 301 g/mol. The molecule has 1 aliphatic carbocycles. The Kier molecular flexibility index (Phi) is 3.08. The minimum Gasteiger partial charge on any atom is -0.264 e. The highest BCUT2D eigenvalue weighted by atomic mass is 14.9. The second kappa shape index (κ2) is 5.02. The number of benzene rings is 1. The molecule has 0 spiro atoms. The van der Waals surface area contributed by atoms with Crippen molar-refractivity contribution in [2.45, 2.75) is 27.2 Å². The van der Waals surface area contributed by atoms with Gasteiger partial charge in [0.2, 0.25) is 5.69 Å². The van der Waals surface area contributed by atoms with E-state index in [0.29, 0.717) is 0 Å². The Hall–Kier alpha value is -2.48. The number of hydrogen-bond acceptors (Lipinski definition) is 1. The molecule has 114 valence electrons. The summed E-state index contributed by atoms with van der Waals surface area (Å²) < 4.78 is 2.26. The summed E-state index contributed by atoms with van der Waals surface area (Å²) in [6.45, 7) is 6.58. The van der Waals surface area contributed by atoms with Crippen molar-refractivity contribution in [2.75, 3.05) is 0 Å². The van der Waals surface area contributed by atoms with E-state index >= 15 is 0 Å². The first-order valence-electron chi connectivity index (χ1n) is 8.08. The Morgan fingerprint density at radius 2 is 1.78 bits per heavy atom. The van der Waals surface area contributed by atoms with E-state index in [1.807, 2.05) is 12.4 Å². The fourth-order valence-corrected chi connectivity index (χ4v) is 3.69. The summed E-state index contributed by atoms with van der Waals surface area (Å²) in [5.41, 5.74) is 12.1. The number of nitrogens with zero attached hydrogens (tertiary/aromatic N) is 2. The number of aromatic nitrogens is 2. The SMILES string of the molecule is Cc1cc(C)c(C)c(-c2cc3c(c[n+]2C)-c2ccncc2C3)c1. The second-order valence-corrected chi connectivity index (χ2v) is 6.67. The molecule has 0 saturated carbocycles. The van der Waals surface area contributed by atoms with Gasteiger partial charge < -0.3 is 0 Å². The van der Waals surface area contributed by atoms with E-state index in [4.69, 9.17) is 0 Å². The molecule has 3 aromatic rings. The second-order valence-electron chi connectivity index (χ2n) is 6.67. The normalized spacial score (nSPS) is 12.2. The highest BCUT2D eigenvalue weighted by Gasteiger charge is 2.25. The molecule has 2 heterocycles. The zero-order valence-corrected chi connectivity index (χ0v) is 14.1. The van der Waals surface area contributed by atoms with Crippen molar-refractivity contribution in [3.05, 3.63) is 70.7 Å². The standard InChI is InChI=1S/C21H21N2/c1-13-7-14(2)15(3)19(8-13)21-10-16-9-17-11-22-6-5-18(17)20(16)12-23(21)4/h5-8,10-12H,9H2,1-4H3/q+1. The van der Waals surface area contributed by atoms with Crippen molar-refractivity contribution in [1.82, 2.24) is 4.98 Å². The van der Waals surface area contributed by atoms with Crippen LogP contribution in [0.1, 0.15) is 27.8 Å². The van der Waals surface area contributed by atoms with Crippen LogP contribution in [0.15, 0.2) is 42.9 Å². The maximum absolute atomic E-state index is 4.27. The van der Waals surface area contributed by atoms with E-state index in [0.717, 1.165) is 6.42 Å². The van der Waals surface area contributed by atoms with Crippen LogP contribution < -0.4 is 4.57 Å². The van der Waals surface area contributed by atoms with Crippen molar-refractivity contribution in [3.63, 3.8) is 0 Å². The van der Waals surface area contributed by atoms with Crippen LogP contribution in [0.4, 0.5) is 0 Å². The summed E-state index contributed by atoms with van der Waals surface area (Å²) in [4.78, 5) is 4.27. The topological polar surface area (TPSA) is 16.8 Å². The van der Waals surface area contributed by atoms with E-state index in [-0.39, 0.29) is 0 Å². The summed E-state index contributed by atoms with van der Waals surface area (Å²) in [6, 6.07) is 9.04. The molecule has 0 unspecified atom stereocenters. The maximum Gasteiger partial charge on any atom is 0.212 e. The smallest absolute Gasteiger partial charge is 0.212 e. The van der Waals surface area contributed by atoms with Crippen LogP contribution in [0.2, 0.25) is 0 Å². The molecule has 4 rings (SSSR count). The van der Waals surface area contributed by atoms with E-state index in [1.165, 1.54) is 50.2 Å². The zero-order valence-electron chi connectivity index (χ0n) is 14.1. The number of aryl methyl sites for hydroxylation is 3. The molecule has 0 fully saturated rings. The summed E-state index contributed by atoms with van der Waals surface area (Å²) >= 11 is 0. The molecule has 2 nitrogen and oxygen atoms in total. The van der Waals surface area contributed by atoms with Crippen molar-refractivity contribution >= 4 is 0 Å². The molecule has 0 aliphatic heterocycles. The number of fused-ring (bicyclic) bond motifs is 3. The molecule has 2 heteroatoms. The van der Waals surface area contributed by atoms with E-state index in [1.54, 1.807) is 0 Å². The average molecular weight is 301 g/mol. The first-order valence-corrected chi connectivity index (χ1v) is 8.08. The van der Waals surface area contributed by atoms with Gasteiger partial charge in [-0.2, -0.15) is 0 Å². The number of pyridine rings is 2. The van der Waals surface area contributed by atoms with Crippen LogP contribution in [0, 0.1) is 20.8 Å². The molecular formula is C21H21N2+. The van der Waals surface area contributed by atoms with Gasteiger partial charge in [0.05, 0.1) is 0 Å². The third-order valence-corrected chi connectivity index (χ3v) is 5.02. The van der Waals surface area contributed by atoms with Crippen molar-refractivity contribution in [3.8, 4) is 22.4 Å². The summed E-state index contributed by atoms with van der Waals surface area (Å²) in [6.07, 6.45) is 7.14. The summed E-state index contributed by atoms with van der Waals surface area (Å²) in [5, 5.41) is 0. The molecule has 0 bridgehead atoms. The lowest BCUT2D eigenvalue weighted by atomic mass is 9.96.